The lowest BCUT2D eigenvalue weighted by molar-refractivity contribution is 0.0524. The number of carbonyl (C=O) groups excluding carboxylic acids is 1. The van der Waals surface area contributed by atoms with Gasteiger partial charge in [-0.1, -0.05) is 12.2 Å². The molecular weight excluding hydrogens is 485 g/mol. The highest BCUT2D eigenvalue weighted by Crippen LogP contribution is 2.50. The Hall–Kier alpha value is -3.66. The summed E-state index contributed by atoms with van der Waals surface area (Å²) in [6.07, 6.45) is 7.19. The van der Waals surface area contributed by atoms with E-state index in [4.69, 9.17) is 10.5 Å². The van der Waals surface area contributed by atoms with Crippen LogP contribution in [-0.4, -0.2) is 40.8 Å². The van der Waals surface area contributed by atoms with Crippen LogP contribution in [0, 0.1) is 35.2 Å². The Morgan fingerprint density at radius 2 is 2.03 bits per heavy atom. The molecule has 3 heterocycles. The zero-order valence-electron chi connectivity index (χ0n) is 20.1. The molecule has 3 aliphatic carbocycles. The summed E-state index contributed by atoms with van der Waals surface area (Å²) < 4.78 is 50.2. The molecule has 0 spiro atoms. The molecule has 2 fully saturated rings. The van der Waals surface area contributed by atoms with Crippen molar-refractivity contribution in [3.05, 3.63) is 75.9 Å². The molecule has 7 rings (SSSR count). The van der Waals surface area contributed by atoms with Crippen molar-refractivity contribution in [2.45, 2.75) is 25.3 Å². The average Bonchev–Trinajstić information content (AvgIpc) is 3.33. The number of fused-ring (bicyclic) bond motifs is 2. The number of pyridine rings is 2. The predicted molar refractivity (Wildman–Crippen MR) is 131 cm³/mol. The number of benzene rings is 1. The molecular formula is C27H25F3N4O3. The highest BCUT2D eigenvalue weighted by atomic mass is 19.1. The van der Waals surface area contributed by atoms with Crippen molar-refractivity contribution >= 4 is 22.8 Å². The molecule has 2 aromatic heterocycles. The van der Waals surface area contributed by atoms with Gasteiger partial charge in [0.1, 0.15) is 17.2 Å². The van der Waals surface area contributed by atoms with Crippen LogP contribution in [0.25, 0.3) is 16.7 Å². The van der Waals surface area contributed by atoms with Crippen molar-refractivity contribution in [1.82, 2.24) is 9.55 Å². The smallest absolute Gasteiger partial charge is 0.343 e. The number of rotatable bonds is 4. The SMILES string of the molecule is CCOC(=O)c1cn(-c2ccc(F)cc2F)c2nc(N3CC4C5C=CC(N)(CC5)C4C3)c(F)cc2c1=O. The number of esters is 1. The molecule has 1 aromatic carbocycles. The van der Waals surface area contributed by atoms with Gasteiger partial charge < -0.3 is 15.4 Å². The standard InChI is InChI=1S/C27H25F3N4O3/c1-2-37-26(36)18-12-34(22-4-3-15(28)9-20(22)29)24-16(23(18)35)10-21(30)25(32-24)33-11-17-14-5-7-27(31,8-6-14)19(17)13-33/h3-5,7,9-10,12,14,17,19H,2,6,8,11,13,31H2,1H3. The van der Waals surface area contributed by atoms with Gasteiger partial charge in [0, 0.05) is 36.8 Å². The van der Waals surface area contributed by atoms with E-state index in [1.54, 1.807) is 6.92 Å². The topological polar surface area (TPSA) is 90.5 Å². The van der Waals surface area contributed by atoms with E-state index in [0.29, 0.717) is 25.1 Å². The van der Waals surface area contributed by atoms with E-state index in [1.807, 2.05) is 4.90 Å². The molecule has 10 heteroatoms. The maximum Gasteiger partial charge on any atom is 0.343 e. The van der Waals surface area contributed by atoms with Gasteiger partial charge in [-0.3, -0.25) is 9.36 Å². The fourth-order valence-corrected chi connectivity index (χ4v) is 6.22. The number of carbonyl (C=O) groups is 1. The first-order chi connectivity index (χ1) is 17.7. The van der Waals surface area contributed by atoms with Gasteiger partial charge in [-0.05, 0) is 49.8 Å². The fourth-order valence-electron chi connectivity index (χ4n) is 6.22. The fraction of sp³-hybridized carbons (Fsp3) is 0.370. The summed E-state index contributed by atoms with van der Waals surface area (Å²) in [5.74, 6) is -2.63. The summed E-state index contributed by atoms with van der Waals surface area (Å²) in [5, 5.41) is -0.218. The summed E-state index contributed by atoms with van der Waals surface area (Å²) >= 11 is 0. The normalized spacial score (nSPS) is 26.1. The van der Waals surface area contributed by atoms with E-state index in [1.165, 1.54) is 10.6 Å². The molecule has 4 aliphatic rings. The Bertz CT molecular complexity index is 1540. The van der Waals surface area contributed by atoms with Gasteiger partial charge in [0.25, 0.3) is 0 Å². The van der Waals surface area contributed by atoms with Crippen LogP contribution >= 0.6 is 0 Å². The molecule has 2 N–H and O–H groups in total. The maximum absolute atomic E-state index is 15.5. The number of aromatic nitrogens is 2. The van der Waals surface area contributed by atoms with Crippen molar-refractivity contribution in [3.63, 3.8) is 0 Å². The first kappa shape index (κ1) is 23.7. The van der Waals surface area contributed by atoms with E-state index in [0.717, 1.165) is 31.2 Å². The molecule has 4 unspecified atom stereocenters. The largest absolute Gasteiger partial charge is 0.462 e. The number of anilines is 1. The second-order valence-corrected chi connectivity index (χ2v) is 10.1. The summed E-state index contributed by atoms with van der Waals surface area (Å²) in [7, 11) is 0. The lowest BCUT2D eigenvalue weighted by atomic mass is 9.60. The first-order valence-electron chi connectivity index (χ1n) is 12.3. The van der Waals surface area contributed by atoms with Crippen LogP contribution in [0.3, 0.4) is 0 Å². The molecule has 1 aliphatic heterocycles. The van der Waals surface area contributed by atoms with Gasteiger partial charge >= 0.3 is 5.97 Å². The molecule has 1 saturated carbocycles. The highest BCUT2D eigenvalue weighted by molar-refractivity contribution is 5.94. The van der Waals surface area contributed by atoms with Gasteiger partial charge in [0.15, 0.2) is 17.3 Å². The lowest BCUT2D eigenvalue weighted by Gasteiger charge is -2.47. The second kappa shape index (κ2) is 8.44. The predicted octanol–water partition coefficient (Wildman–Crippen LogP) is 3.71. The maximum atomic E-state index is 15.5. The zero-order valence-corrected chi connectivity index (χ0v) is 20.1. The van der Waals surface area contributed by atoms with Crippen molar-refractivity contribution < 1.29 is 22.7 Å². The van der Waals surface area contributed by atoms with Gasteiger partial charge in [0.05, 0.1) is 17.7 Å². The molecule has 2 bridgehead atoms. The summed E-state index contributed by atoms with van der Waals surface area (Å²) in [6, 6.07) is 3.92. The van der Waals surface area contributed by atoms with Crippen molar-refractivity contribution in [3.8, 4) is 5.69 Å². The number of halogens is 3. The Kier molecular flexibility index (Phi) is 5.41. The molecule has 1 saturated heterocycles. The number of hydrogen-bond donors (Lipinski definition) is 1. The van der Waals surface area contributed by atoms with E-state index in [-0.39, 0.29) is 41.0 Å². The van der Waals surface area contributed by atoms with E-state index >= 15 is 4.39 Å². The molecule has 7 nitrogen and oxygen atoms in total. The van der Waals surface area contributed by atoms with Crippen LogP contribution in [-0.2, 0) is 4.74 Å². The van der Waals surface area contributed by atoms with Crippen LogP contribution in [0.5, 0.6) is 0 Å². The van der Waals surface area contributed by atoms with Gasteiger partial charge in [-0.15, -0.1) is 0 Å². The van der Waals surface area contributed by atoms with Gasteiger partial charge in [-0.25, -0.2) is 22.9 Å². The Morgan fingerprint density at radius 3 is 2.70 bits per heavy atom. The monoisotopic (exact) mass is 510 g/mol. The van der Waals surface area contributed by atoms with Crippen LogP contribution in [0.2, 0.25) is 0 Å². The summed E-state index contributed by atoms with van der Waals surface area (Å²) in [4.78, 5) is 32.0. The third-order valence-corrected chi connectivity index (χ3v) is 8.05. The number of allylic oxidation sites excluding steroid dienone is 1. The second-order valence-electron chi connectivity index (χ2n) is 10.1. The Labute approximate surface area is 210 Å². The molecule has 37 heavy (non-hydrogen) atoms. The quantitative estimate of drug-likeness (QED) is 0.425. The number of nitrogens with zero attached hydrogens (tertiary/aromatic N) is 3. The minimum absolute atomic E-state index is 0.00253. The van der Waals surface area contributed by atoms with Crippen LogP contribution < -0.4 is 16.1 Å². The van der Waals surface area contributed by atoms with E-state index in [9.17, 15) is 18.4 Å². The van der Waals surface area contributed by atoms with E-state index in [2.05, 4.69) is 17.1 Å². The third-order valence-electron chi connectivity index (χ3n) is 8.05. The third kappa shape index (κ3) is 3.65. The molecule has 4 atom stereocenters. The Balaban J connectivity index is 1.52. The van der Waals surface area contributed by atoms with Crippen molar-refractivity contribution in [2.75, 3.05) is 24.6 Å². The van der Waals surface area contributed by atoms with Gasteiger partial charge in [-0.2, -0.15) is 0 Å². The van der Waals surface area contributed by atoms with Crippen LogP contribution in [0.4, 0.5) is 19.0 Å². The van der Waals surface area contributed by atoms with Crippen LogP contribution in [0.1, 0.15) is 30.1 Å². The summed E-state index contributed by atoms with van der Waals surface area (Å²) in [5.41, 5.74) is 4.82. The minimum Gasteiger partial charge on any atom is -0.462 e. The molecule has 0 amide bonds. The van der Waals surface area contributed by atoms with Crippen LogP contribution in [0.15, 0.2) is 47.4 Å². The first-order valence-corrected chi connectivity index (χ1v) is 12.3. The average molecular weight is 511 g/mol. The summed E-state index contributed by atoms with van der Waals surface area (Å²) in [6.45, 7) is 2.62. The zero-order chi connectivity index (χ0) is 26.1. The van der Waals surface area contributed by atoms with Gasteiger partial charge in [0.2, 0.25) is 5.43 Å². The van der Waals surface area contributed by atoms with Crippen molar-refractivity contribution in [2.24, 2.45) is 23.5 Å². The number of ether oxygens (including phenoxy) is 1. The Morgan fingerprint density at radius 1 is 1.22 bits per heavy atom. The number of nitrogens with two attached hydrogens (primary N) is 1. The van der Waals surface area contributed by atoms with E-state index < -0.39 is 40.0 Å². The molecule has 192 valence electrons. The molecule has 0 radical (unpaired) electrons. The highest BCUT2D eigenvalue weighted by Gasteiger charge is 2.52. The molecule has 3 aromatic rings. The lowest BCUT2D eigenvalue weighted by Crippen LogP contribution is -2.55. The minimum atomic E-state index is -0.938. The van der Waals surface area contributed by atoms with Crippen molar-refractivity contribution in [1.29, 1.82) is 0 Å². The number of hydrogen-bond acceptors (Lipinski definition) is 6.